The molecule has 2 fully saturated rings. The molecule has 1 unspecified atom stereocenters. The average Bonchev–Trinajstić information content (AvgIpc) is 2.84. The second-order valence-electron chi connectivity index (χ2n) is 9.02. The predicted molar refractivity (Wildman–Crippen MR) is 120 cm³/mol. The number of aromatic nitrogens is 1. The van der Waals surface area contributed by atoms with Crippen LogP contribution >= 0.6 is 0 Å². The monoisotopic (exact) mass is 495 g/mol. The van der Waals surface area contributed by atoms with Gasteiger partial charge in [-0.2, -0.15) is 13.2 Å². The summed E-state index contributed by atoms with van der Waals surface area (Å²) < 4.78 is 66.1. The predicted octanol–water partition coefficient (Wildman–Crippen LogP) is 4.69. The number of sulfonamides is 1. The molecular formula is C24H28F3N3O3S. The molecule has 1 aliphatic carbocycles. The van der Waals surface area contributed by atoms with E-state index in [1.807, 2.05) is 23.2 Å². The molecular weight excluding hydrogens is 467 g/mol. The first kappa shape index (κ1) is 24.7. The van der Waals surface area contributed by atoms with Gasteiger partial charge in [0.25, 0.3) is 0 Å². The van der Waals surface area contributed by atoms with E-state index in [0.29, 0.717) is 32.2 Å². The lowest BCUT2D eigenvalue weighted by Crippen LogP contribution is -2.45. The van der Waals surface area contributed by atoms with Gasteiger partial charge in [-0.3, -0.25) is 9.78 Å². The molecule has 1 atom stereocenters. The maximum absolute atomic E-state index is 13.3. The van der Waals surface area contributed by atoms with Crippen LogP contribution in [0.5, 0.6) is 0 Å². The highest BCUT2D eigenvalue weighted by molar-refractivity contribution is 7.89. The van der Waals surface area contributed by atoms with E-state index in [4.69, 9.17) is 0 Å². The standard InChI is InChI=1S/C24H28F3N3O3S/c25-24(26,27)19-8-12-21(13-9-19)34(32,33)29-20-10-6-17(7-11-20)23(31)30-15-2-1-5-22(30)18-4-3-14-28-16-18/h3-4,8-9,12-14,16-17,20,22,29H,1-2,5-7,10-11,15H2. The van der Waals surface area contributed by atoms with Crippen LogP contribution in [0.1, 0.15) is 62.1 Å². The van der Waals surface area contributed by atoms with E-state index >= 15 is 0 Å². The summed E-state index contributed by atoms with van der Waals surface area (Å²) in [5.74, 6) is -0.0540. The second-order valence-corrected chi connectivity index (χ2v) is 10.7. The van der Waals surface area contributed by atoms with Gasteiger partial charge in [-0.05, 0) is 80.8 Å². The number of hydrogen-bond donors (Lipinski definition) is 1. The number of likely N-dealkylation sites (tertiary alicyclic amines) is 1. The van der Waals surface area contributed by atoms with Gasteiger partial charge in [0, 0.05) is 30.9 Å². The summed E-state index contributed by atoms with van der Waals surface area (Å²) in [6, 6.07) is 7.00. The van der Waals surface area contributed by atoms with E-state index in [1.165, 1.54) is 0 Å². The minimum atomic E-state index is -4.52. The Morgan fingerprint density at radius 1 is 1.00 bits per heavy atom. The first-order valence-corrected chi connectivity index (χ1v) is 13.0. The van der Waals surface area contributed by atoms with Crippen molar-refractivity contribution in [1.29, 1.82) is 0 Å². The molecule has 0 radical (unpaired) electrons. The fourth-order valence-electron chi connectivity index (χ4n) is 4.92. The Bertz CT molecular complexity index is 1080. The molecule has 1 amide bonds. The number of amides is 1. The number of piperidine rings is 1. The lowest BCUT2D eigenvalue weighted by Gasteiger charge is -2.39. The van der Waals surface area contributed by atoms with Crippen LogP contribution in [0, 0.1) is 5.92 Å². The van der Waals surface area contributed by atoms with E-state index in [-0.39, 0.29) is 28.8 Å². The Morgan fingerprint density at radius 2 is 1.71 bits per heavy atom. The number of halogens is 3. The van der Waals surface area contributed by atoms with Crippen molar-refractivity contribution in [2.24, 2.45) is 5.92 Å². The highest BCUT2D eigenvalue weighted by atomic mass is 32.2. The van der Waals surface area contributed by atoms with Gasteiger partial charge in [0.05, 0.1) is 16.5 Å². The number of pyridine rings is 1. The van der Waals surface area contributed by atoms with E-state index in [9.17, 15) is 26.4 Å². The van der Waals surface area contributed by atoms with Crippen LogP contribution in [0.2, 0.25) is 0 Å². The third-order valence-corrected chi connectivity index (χ3v) is 8.28. The average molecular weight is 496 g/mol. The van der Waals surface area contributed by atoms with Crippen LogP contribution in [-0.2, 0) is 21.0 Å². The van der Waals surface area contributed by atoms with Crippen LogP contribution in [0.4, 0.5) is 13.2 Å². The van der Waals surface area contributed by atoms with Crippen molar-refractivity contribution in [3.05, 3.63) is 59.9 Å². The fourth-order valence-corrected chi connectivity index (χ4v) is 6.22. The van der Waals surface area contributed by atoms with Gasteiger partial charge in [0.1, 0.15) is 0 Å². The lowest BCUT2D eigenvalue weighted by atomic mass is 9.84. The van der Waals surface area contributed by atoms with Crippen molar-refractivity contribution in [3.63, 3.8) is 0 Å². The topological polar surface area (TPSA) is 79.4 Å². The van der Waals surface area contributed by atoms with Crippen LogP contribution in [0.3, 0.4) is 0 Å². The van der Waals surface area contributed by atoms with E-state index in [1.54, 1.807) is 6.20 Å². The molecule has 4 rings (SSSR count). The van der Waals surface area contributed by atoms with Gasteiger partial charge in [0.15, 0.2) is 0 Å². The number of carbonyl (C=O) groups is 1. The molecule has 6 nitrogen and oxygen atoms in total. The van der Waals surface area contributed by atoms with Crippen molar-refractivity contribution < 1.29 is 26.4 Å². The molecule has 1 aliphatic heterocycles. The number of rotatable bonds is 5. The Morgan fingerprint density at radius 3 is 2.32 bits per heavy atom. The molecule has 1 N–H and O–H groups in total. The molecule has 1 saturated heterocycles. The molecule has 2 aliphatic rings. The van der Waals surface area contributed by atoms with E-state index in [0.717, 1.165) is 49.1 Å². The zero-order chi connectivity index (χ0) is 24.3. The summed E-state index contributed by atoms with van der Waals surface area (Å²) in [6.07, 6.45) is 4.06. The SMILES string of the molecule is O=C(C1CCC(NS(=O)(=O)c2ccc(C(F)(F)F)cc2)CC1)N1CCCCC1c1cccnc1. The van der Waals surface area contributed by atoms with Crippen molar-refractivity contribution in [1.82, 2.24) is 14.6 Å². The minimum Gasteiger partial charge on any atom is -0.335 e. The molecule has 184 valence electrons. The third kappa shape index (κ3) is 5.60. The molecule has 10 heteroatoms. The summed E-state index contributed by atoms with van der Waals surface area (Å²) in [6.45, 7) is 0.707. The van der Waals surface area contributed by atoms with Gasteiger partial charge in [-0.25, -0.2) is 13.1 Å². The minimum absolute atomic E-state index is 0.0193. The van der Waals surface area contributed by atoms with Crippen LogP contribution in [-0.4, -0.2) is 36.8 Å². The zero-order valence-corrected chi connectivity index (χ0v) is 19.5. The molecule has 0 bridgehead atoms. The summed E-state index contributed by atoms with van der Waals surface area (Å²) in [4.78, 5) is 19.3. The highest BCUT2D eigenvalue weighted by Gasteiger charge is 2.36. The van der Waals surface area contributed by atoms with Crippen LogP contribution in [0.25, 0.3) is 0 Å². The third-order valence-electron chi connectivity index (χ3n) is 6.75. The number of nitrogens with zero attached hydrogens (tertiary/aromatic N) is 2. The molecule has 34 heavy (non-hydrogen) atoms. The molecule has 2 aromatic rings. The summed E-state index contributed by atoms with van der Waals surface area (Å²) in [7, 11) is -3.94. The van der Waals surface area contributed by atoms with Crippen LogP contribution in [0.15, 0.2) is 53.7 Å². The van der Waals surface area contributed by atoms with Crippen molar-refractivity contribution in [2.75, 3.05) is 6.54 Å². The van der Waals surface area contributed by atoms with Gasteiger partial charge >= 0.3 is 6.18 Å². The van der Waals surface area contributed by atoms with Crippen molar-refractivity contribution >= 4 is 15.9 Å². The van der Waals surface area contributed by atoms with Gasteiger partial charge in [-0.15, -0.1) is 0 Å². The summed E-state index contributed by atoms with van der Waals surface area (Å²) in [5.41, 5.74) is 0.140. The maximum atomic E-state index is 13.3. The lowest BCUT2D eigenvalue weighted by molar-refractivity contribution is -0.140. The molecule has 1 aromatic carbocycles. The Hall–Kier alpha value is -2.46. The Kier molecular flexibility index (Phi) is 7.28. The summed E-state index contributed by atoms with van der Waals surface area (Å²) >= 11 is 0. The summed E-state index contributed by atoms with van der Waals surface area (Å²) in [5, 5.41) is 0. The van der Waals surface area contributed by atoms with Gasteiger partial charge in [-0.1, -0.05) is 6.07 Å². The second kappa shape index (κ2) is 10.0. The normalized spacial score (nSPS) is 24.1. The van der Waals surface area contributed by atoms with E-state index in [2.05, 4.69) is 9.71 Å². The number of carbonyl (C=O) groups excluding carboxylic acids is 1. The number of hydrogen-bond acceptors (Lipinski definition) is 4. The Balaban J connectivity index is 1.36. The number of benzene rings is 1. The van der Waals surface area contributed by atoms with Crippen molar-refractivity contribution in [2.45, 2.75) is 68.1 Å². The Labute approximate surface area is 197 Å². The fraction of sp³-hybridized carbons (Fsp3) is 0.500. The quantitative estimate of drug-likeness (QED) is 0.653. The van der Waals surface area contributed by atoms with Crippen LogP contribution < -0.4 is 4.72 Å². The van der Waals surface area contributed by atoms with Gasteiger partial charge < -0.3 is 4.90 Å². The first-order valence-electron chi connectivity index (χ1n) is 11.5. The first-order chi connectivity index (χ1) is 16.1. The molecule has 1 aromatic heterocycles. The van der Waals surface area contributed by atoms with Crippen molar-refractivity contribution in [3.8, 4) is 0 Å². The number of nitrogens with one attached hydrogen (secondary N) is 1. The highest BCUT2D eigenvalue weighted by Crippen LogP contribution is 2.35. The molecule has 0 spiro atoms. The molecule has 1 saturated carbocycles. The number of alkyl halides is 3. The largest absolute Gasteiger partial charge is 0.416 e. The zero-order valence-electron chi connectivity index (χ0n) is 18.7. The van der Waals surface area contributed by atoms with E-state index < -0.39 is 21.8 Å². The van der Waals surface area contributed by atoms with Gasteiger partial charge in [0.2, 0.25) is 15.9 Å². The maximum Gasteiger partial charge on any atom is 0.416 e. The smallest absolute Gasteiger partial charge is 0.335 e. The molecule has 2 heterocycles.